The smallest absolute Gasteiger partial charge is 0.0689 e. The molecule has 1 aromatic rings. The second kappa shape index (κ2) is 11.7. The molecule has 0 atom stereocenters. The fraction of sp³-hybridized carbons (Fsp3) is 0.633. The van der Waals surface area contributed by atoms with Crippen LogP contribution in [-0.4, -0.2) is 0 Å². The fourth-order valence-corrected chi connectivity index (χ4v) is 5.90. The topological polar surface area (TPSA) is 23.8 Å². The van der Waals surface area contributed by atoms with E-state index in [0.717, 1.165) is 19.3 Å². The lowest BCUT2D eigenvalue weighted by Gasteiger charge is -2.45. The summed E-state index contributed by atoms with van der Waals surface area (Å²) in [4.78, 5) is 0. The van der Waals surface area contributed by atoms with Crippen LogP contribution in [0.4, 0.5) is 0 Å². The van der Waals surface area contributed by atoms with Crippen LogP contribution in [0, 0.1) is 28.1 Å². The lowest BCUT2D eigenvalue weighted by atomic mass is 9.59. The van der Waals surface area contributed by atoms with Crippen LogP contribution in [0.5, 0.6) is 0 Å². The molecule has 31 heavy (non-hydrogen) atoms. The Morgan fingerprint density at radius 3 is 2.10 bits per heavy atom. The summed E-state index contributed by atoms with van der Waals surface area (Å²) >= 11 is 0. The minimum Gasteiger partial charge on any atom is -0.198 e. The van der Waals surface area contributed by atoms with E-state index < -0.39 is 0 Å². The highest BCUT2D eigenvalue weighted by molar-refractivity contribution is 5.34. The van der Waals surface area contributed by atoms with Gasteiger partial charge in [0.1, 0.15) is 0 Å². The Bertz CT molecular complexity index is 728. The lowest BCUT2D eigenvalue weighted by molar-refractivity contribution is 0.127. The quantitative estimate of drug-likeness (QED) is 0.260. The van der Waals surface area contributed by atoms with Crippen LogP contribution in [-0.2, 0) is 0 Å². The molecule has 2 aliphatic carbocycles. The van der Waals surface area contributed by atoms with Crippen LogP contribution < -0.4 is 0 Å². The van der Waals surface area contributed by atoms with Crippen molar-refractivity contribution in [3.05, 3.63) is 60.2 Å². The van der Waals surface area contributed by atoms with Crippen LogP contribution in [0.15, 0.2) is 54.6 Å². The maximum atomic E-state index is 9.94. The molecule has 0 bridgehead atoms. The molecule has 1 aromatic carbocycles. The summed E-state index contributed by atoms with van der Waals surface area (Å²) in [6.45, 7) is 4.53. The zero-order chi connectivity index (χ0) is 22.0. The van der Waals surface area contributed by atoms with Crippen LogP contribution in [0.1, 0.15) is 109 Å². The van der Waals surface area contributed by atoms with Crippen molar-refractivity contribution in [2.45, 2.75) is 103 Å². The van der Waals surface area contributed by atoms with Gasteiger partial charge >= 0.3 is 0 Å². The van der Waals surface area contributed by atoms with Crippen molar-refractivity contribution in [1.29, 1.82) is 5.26 Å². The van der Waals surface area contributed by atoms with E-state index in [4.69, 9.17) is 0 Å². The third-order valence-electron chi connectivity index (χ3n) is 8.07. The summed E-state index contributed by atoms with van der Waals surface area (Å²) in [6, 6.07) is 13.6. The Balaban J connectivity index is 1.71. The van der Waals surface area contributed by atoms with Gasteiger partial charge in [-0.3, -0.25) is 0 Å². The molecule has 3 rings (SSSR count). The average molecular weight is 418 g/mol. The second-order valence-corrected chi connectivity index (χ2v) is 10.2. The number of nitrogens with zero attached hydrogens (tertiary/aromatic N) is 1. The predicted octanol–water partition coefficient (Wildman–Crippen LogP) is 9.13. The monoisotopic (exact) mass is 417 g/mol. The Morgan fingerprint density at radius 2 is 1.48 bits per heavy atom. The van der Waals surface area contributed by atoms with E-state index in [0.29, 0.717) is 11.8 Å². The van der Waals surface area contributed by atoms with E-state index in [1.54, 1.807) is 0 Å². The van der Waals surface area contributed by atoms with Gasteiger partial charge in [0, 0.05) is 11.3 Å². The lowest BCUT2D eigenvalue weighted by Crippen LogP contribution is -2.35. The summed E-state index contributed by atoms with van der Waals surface area (Å²) in [6.07, 6.45) is 26.1. The molecule has 1 nitrogen and oxygen atoms in total. The molecule has 0 saturated heterocycles. The van der Waals surface area contributed by atoms with Gasteiger partial charge in [-0.05, 0) is 50.0 Å². The molecule has 0 heterocycles. The van der Waals surface area contributed by atoms with E-state index in [2.05, 4.69) is 74.6 Å². The standard InChI is InChI=1S/C30H43N/c1-3-5-7-8-12-20-30(23-15-27(16-24-30)26-13-10-9-11-14-26)28-17-21-29(25-31,22-18-28)19-6-4-2/h9-11,13-16,23-24,27-28H,3-8,12,17-22H2,1-2H3. The minimum absolute atomic E-state index is 0.0521. The highest BCUT2D eigenvalue weighted by Crippen LogP contribution is 2.52. The molecule has 1 heteroatoms. The summed E-state index contributed by atoms with van der Waals surface area (Å²) in [7, 11) is 0. The highest BCUT2D eigenvalue weighted by Gasteiger charge is 2.42. The zero-order valence-electron chi connectivity index (χ0n) is 20.0. The molecular weight excluding hydrogens is 374 g/mol. The largest absolute Gasteiger partial charge is 0.198 e. The zero-order valence-corrected chi connectivity index (χ0v) is 20.0. The first-order chi connectivity index (χ1) is 15.2. The molecule has 0 radical (unpaired) electrons. The van der Waals surface area contributed by atoms with Crippen LogP contribution >= 0.6 is 0 Å². The molecule has 0 amide bonds. The first-order valence-corrected chi connectivity index (χ1v) is 13.0. The van der Waals surface area contributed by atoms with Gasteiger partial charge in [0.2, 0.25) is 0 Å². The average Bonchev–Trinajstić information content (AvgIpc) is 2.84. The van der Waals surface area contributed by atoms with Crippen molar-refractivity contribution in [3.63, 3.8) is 0 Å². The van der Waals surface area contributed by atoms with Crippen LogP contribution in [0.3, 0.4) is 0 Å². The SMILES string of the molecule is CCCCCCCC1(C2CCC(C#N)(CCCC)CC2)C=CC(c2ccccc2)C=C1. The molecule has 0 N–H and O–H groups in total. The van der Waals surface area contributed by atoms with E-state index >= 15 is 0 Å². The third-order valence-corrected chi connectivity index (χ3v) is 8.07. The molecule has 0 aliphatic heterocycles. The van der Waals surface area contributed by atoms with E-state index in [9.17, 15) is 5.26 Å². The van der Waals surface area contributed by atoms with E-state index in [-0.39, 0.29) is 10.8 Å². The van der Waals surface area contributed by atoms with Crippen LogP contribution in [0.25, 0.3) is 0 Å². The van der Waals surface area contributed by atoms with E-state index in [1.165, 1.54) is 69.8 Å². The van der Waals surface area contributed by atoms with Gasteiger partial charge in [0.05, 0.1) is 11.5 Å². The number of benzene rings is 1. The van der Waals surface area contributed by atoms with Crippen molar-refractivity contribution >= 4 is 0 Å². The number of hydrogen-bond donors (Lipinski definition) is 0. The van der Waals surface area contributed by atoms with Gasteiger partial charge in [-0.15, -0.1) is 0 Å². The van der Waals surface area contributed by atoms with Gasteiger partial charge in [-0.1, -0.05) is 113 Å². The van der Waals surface area contributed by atoms with Gasteiger partial charge in [0.15, 0.2) is 0 Å². The number of rotatable bonds is 11. The van der Waals surface area contributed by atoms with Crippen molar-refractivity contribution in [3.8, 4) is 6.07 Å². The summed E-state index contributed by atoms with van der Waals surface area (Å²) < 4.78 is 0. The first-order valence-electron chi connectivity index (χ1n) is 13.0. The van der Waals surface area contributed by atoms with Gasteiger partial charge in [-0.2, -0.15) is 5.26 Å². The number of nitriles is 1. The van der Waals surface area contributed by atoms with Crippen molar-refractivity contribution in [1.82, 2.24) is 0 Å². The first kappa shape index (κ1) is 23.8. The number of unbranched alkanes of at least 4 members (excludes halogenated alkanes) is 5. The second-order valence-electron chi connectivity index (χ2n) is 10.2. The Morgan fingerprint density at radius 1 is 0.839 bits per heavy atom. The number of allylic oxidation sites excluding steroid dienone is 4. The van der Waals surface area contributed by atoms with Crippen molar-refractivity contribution in [2.24, 2.45) is 16.7 Å². The fourth-order valence-electron chi connectivity index (χ4n) is 5.90. The molecule has 1 saturated carbocycles. The summed E-state index contributed by atoms with van der Waals surface area (Å²) in [5, 5.41) is 9.94. The van der Waals surface area contributed by atoms with Crippen molar-refractivity contribution in [2.75, 3.05) is 0 Å². The Labute approximate surface area is 191 Å². The van der Waals surface area contributed by atoms with Gasteiger partial charge in [-0.25, -0.2) is 0 Å². The molecule has 0 unspecified atom stereocenters. The predicted molar refractivity (Wildman–Crippen MR) is 133 cm³/mol. The third kappa shape index (κ3) is 6.12. The molecule has 0 spiro atoms. The highest BCUT2D eigenvalue weighted by atomic mass is 14.5. The molecule has 2 aliphatic rings. The molecule has 0 aromatic heterocycles. The van der Waals surface area contributed by atoms with E-state index in [1.807, 2.05) is 0 Å². The van der Waals surface area contributed by atoms with Gasteiger partial charge < -0.3 is 0 Å². The summed E-state index contributed by atoms with van der Waals surface area (Å²) in [5.41, 5.74) is 1.53. The molecular formula is C30H43N. The summed E-state index contributed by atoms with van der Waals surface area (Å²) in [5.74, 6) is 1.09. The Hall–Kier alpha value is -1.81. The minimum atomic E-state index is -0.0521. The van der Waals surface area contributed by atoms with Gasteiger partial charge in [0.25, 0.3) is 0 Å². The maximum absolute atomic E-state index is 9.94. The van der Waals surface area contributed by atoms with Crippen molar-refractivity contribution < 1.29 is 0 Å². The molecule has 1 fully saturated rings. The maximum Gasteiger partial charge on any atom is 0.0689 e. The normalized spacial score (nSPS) is 30.2. The Kier molecular flexibility index (Phi) is 9.01. The van der Waals surface area contributed by atoms with Crippen LogP contribution in [0.2, 0.25) is 0 Å². The number of hydrogen-bond acceptors (Lipinski definition) is 1. The molecule has 168 valence electrons.